The van der Waals surface area contributed by atoms with E-state index in [0.29, 0.717) is 40.3 Å². The van der Waals surface area contributed by atoms with Crippen molar-refractivity contribution in [2.45, 2.75) is 44.8 Å². The van der Waals surface area contributed by atoms with E-state index in [-0.39, 0.29) is 24.3 Å². The second kappa shape index (κ2) is 9.35. The highest BCUT2D eigenvalue weighted by atomic mass is 32.2. The lowest BCUT2D eigenvalue weighted by Gasteiger charge is -2.32. The zero-order valence-electron chi connectivity index (χ0n) is 19.4. The van der Waals surface area contributed by atoms with E-state index in [1.807, 2.05) is 0 Å². The summed E-state index contributed by atoms with van der Waals surface area (Å²) in [6.07, 6.45) is 2.08. The first-order chi connectivity index (χ1) is 16.1. The topological polar surface area (TPSA) is 111 Å². The van der Waals surface area contributed by atoms with Crippen molar-refractivity contribution in [3.8, 4) is 17.2 Å². The van der Waals surface area contributed by atoms with Crippen LogP contribution in [0.15, 0.2) is 42.5 Å². The Morgan fingerprint density at radius 2 is 1.94 bits per heavy atom. The van der Waals surface area contributed by atoms with Gasteiger partial charge in [0.05, 0.1) is 18.4 Å². The maximum atomic E-state index is 14.9. The van der Waals surface area contributed by atoms with E-state index in [1.165, 1.54) is 6.07 Å². The number of sulfonamides is 1. The Kier molecular flexibility index (Phi) is 6.65. The minimum atomic E-state index is -3.43. The number of benzene rings is 2. The second-order valence-electron chi connectivity index (χ2n) is 9.52. The Balaban J connectivity index is 1.43. The fourth-order valence-electron chi connectivity index (χ4n) is 5.24. The molecule has 9 heteroatoms. The number of amides is 1. The van der Waals surface area contributed by atoms with Gasteiger partial charge in [0, 0.05) is 18.2 Å². The highest BCUT2D eigenvalue weighted by Crippen LogP contribution is 2.44. The molecule has 0 unspecified atom stereocenters. The van der Waals surface area contributed by atoms with Gasteiger partial charge in [-0.1, -0.05) is 38.1 Å². The number of anilines is 1. The Hall–Kier alpha value is -2.96. The van der Waals surface area contributed by atoms with Gasteiger partial charge in [-0.2, -0.15) is 5.26 Å². The van der Waals surface area contributed by atoms with Gasteiger partial charge in [0.1, 0.15) is 11.9 Å². The van der Waals surface area contributed by atoms with Crippen molar-refractivity contribution in [1.29, 1.82) is 5.26 Å². The Labute approximate surface area is 199 Å². The molecule has 180 valence electrons. The molecule has 1 saturated carbocycles. The molecule has 4 rings (SSSR count). The summed E-state index contributed by atoms with van der Waals surface area (Å²) in [6.45, 7) is 4.36. The van der Waals surface area contributed by atoms with Gasteiger partial charge in [-0.15, -0.1) is 0 Å². The molecule has 1 amide bonds. The van der Waals surface area contributed by atoms with Gasteiger partial charge in [-0.05, 0) is 59.1 Å². The molecule has 2 aromatic rings. The van der Waals surface area contributed by atoms with Gasteiger partial charge >= 0.3 is 0 Å². The van der Waals surface area contributed by atoms with E-state index in [4.69, 9.17) is 0 Å². The minimum absolute atomic E-state index is 0.0524. The van der Waals surface area contributed by atoms with Gasteiger partial charge in [-0.25, -0.2) is 12.8 Å². The van der Waals surface area contributed by atoms with Crippen molar-refractivity contribution in [1.82, 2.24) is 10.6 Å². The van der Waals surface area contributed by atoms with Crippen LogP contribution >= 0.6 is 0 Å². The molecular weight excluding hydrogens is 455 g/mol. The van der Waals surface area contributed by atoms with Crippen molar-refractivity contribution >= 4 is 21.6 Å². The fraction of sp³-hybridized carbons (Fsp3) is 0.440. The van der Waals surface area contributed by atoms with Crippen LogP contribution in [0.25, 0.3) is 11.1 Å². The van der Waals surface area contributed by atoms with Crippen LogP contribution in [0.2, 0.25) is 0 Å². The van der Waals surface area contributed by atoms with Crippen molar-refractivity contribution in [2.24, 2.45) is 17.8 Å². The summed E-state index contributed by atoms with van der Waals surface area (Å²) >= 11 is 0. The van der Waals surface area contributed by atoms with Crippen LogP contribution in [0.3, 0.4) is 0 Å². The molecule has 3 N–H and O–H groups in total. The van der Waals surface area contributed by atoms with Crippen molar-refractivity contribution in [3.63, 3.8) is 0 Å². The van der Waals surface area contributed by atoms with Crippen LogP contribution in [0, 0.1) is 34.9 Å². The van der Waals surface area contributed by atoms with Crippen LogP contribution in [0.5, 0.6) is 0 Å². The monoisotopic (exact) mass is 484 g/mol. The van der Waals surface area contributed by atoms with Crippen LogP contribution < -0.4 is 15.4 Å². The molecule has 2 fully saturated rings. The summed E-state index contributed by atoms with van der Waals surface area (Å²) in [5.41, 5.74) is 1.93. The SMILES string of the molecule is C[C@@H]1[C@H](C)[C@@H]2C[C@@H]1[C@@H](C(=O)N[C@H](C#N)Cc1ccc(-c3cccc(NS(C)(=O)=O)c3)cc1F)N2. The van der Waals surface area contributed by atoms with E-state index in [1.54, 1.807) is 36.4 Å². The Morgan fingerprint density at radius 1 is 1.21 bits per heavy atom. The predicted octanol–water partition coefficient (Wildman–Crippen LogP) is 3.05. The molecule has 0 aromatic heterocycles. The number of rotatable bonds is 7. The zero-order valence-corrected chi connectivity index (χ0v) is 20.2. The third kappa shape index (κ3) is 5.08. The van der Waals surface area contributed by atoms with Crippen LogP contribution in [-0.2, 0) is 21.2 Å². The number of nitriles is 1. The highest BCUT2D eigenvalue weighted by Gasteiger charge is 2.51. The Morgan fingerprint density at radius 3 is 2.56 bits per heavy atom. The summed E-state index contributed by atoms with van der Waals surface area (Å²) in [5, 5.41) is 15.8. The van der Waals surface area contributed by atoms with Crippen LogP contribution in [0.4, 0.5) is 10.1 Å². The number of carbonyl (C=O) groups is 1. The van der Waals surface area contributed by atoms with E-state index in [2.05, 4.69) is 35.3 Å². The standard InChI is InChI=1S/C25H29FN4O3S/c1-14-15(2)23-12-21(14)24(29-23)25(31)28-20(13-27)10-18-8-7-17(11-22(18)26)16-5-4-6-19(9-16)30-34(3,32)33/h4-9,11,14-15,20-21,23-24,29-30H,10,12H2,1-3H3,(H,28,31)/t14-,15+,20+,21+,23+,24+/m1/s1. The van der Waals surface area contributed by atoms with Crippen molar-refractivity contribution in [3.05, 3.63) is 53.8 Å². The minimum Gasteiger partial charge on any atom is -0.339 e. The lowest BCUT2D eigenvalue weighted by molar-refractivity contribution is -0.125. The molecular formula is C25H29FN4O3S. The van der Waals surface area contributed by atoms with Gasteiger partial charge in [0.2, 0.25) is 15.9 Å². The number of fused-ring (bicyclic) bond motifs is 2. The molecule has 0 spiro atoms. The first kappa shape index (κ1) is 24.2. The normalized spacial score (nSPS) is 26.6. The molecule has 1 saturated heterocycles. The molecule has 2 bridgehead atoms. The van der Waals surface area contributed by atoms with E-state index in [0.717, 1.165) is 12.7 Å². The second-order valence-corrected chi connectivity index (χ2v) is 11.3. The maximum absolute atomic E-state index is 14.9. The molecule has 7 nitrogen and oxygen atoms in total. The predicted molar refractivity (Wildman–Crippen MR) is 129 cm³/mol. The zero-order chi connectivity index (χ0) is 24.6. The van der Waals surface area contributed by atoms with Crippen LogP contribution in [-0.4, -0.2) is 38.7 Å². The average Bonchev–Trinajstić information content (AvgIpc) is 3.33. The lowest BCUT2D eigenvalue weighted by atomic mass is 9.84. The van der Waals surface area contributed by atoms with Crippen molar-refractivity contribution < 1.29 is 17.6 Å². The number of halogens is 1. The van der Waals surface area contributed by atoms with Gasteiger partial charge < -0.3 is 10.6 Å². The lowest BCUT2D eigenvalue weighted by Crippen LogP contribution is -2.54. The van der Waals surface area contributed by atoms with E-state index in [9.17, 15) is 22.9 Å². The molecule has 34 heavy (non-hydrogen) atoms. The summed E-state index contributed by atoms with van der Waals surface area (Å²) in [6, 6.07) is 12.6. The molecule has 2 aliphatic rings. The first-order valence-corrected chi connectivity index (χ1v) is 13.3. The first-order valence-electron chi connectivity index (χ1n) is 11.4. The highest BCUT2D eigenvalue weighted by molar-refractivity contribution is 7.92. The smallest absolute Gasteiger partial charge is 0.238 e. The number of hydrogen-bond donors (Lipinski definition) is 3. The van der Waals surface area contributed by atoms with E-state index >= 15 is 0 Å². The summed E-state index contributed by atoms with van der Waals surface area (Å²) in [4.78, 5) is 12.8. The largest absolute Gasteiger partial charge is 0.339 e. The van der Waals surface area contributed by atoms with Gasteiger partial charge in [0.15, 0.2) is 0 Å². The Bertz CT molecular complexity index is 1240. The molecule has 6 atom stereocenters. The summed E-state index contributed by atoms with van der Waals surface area (Å²) in [5.74, 6) is 0.525. The van der Waals surface area contributed by atoms with Crippen LogP contribution in [0.1, 0.15) is 25.8 Å². The number of nitrogens with one attached hydrogen (secondary N) is 3. The average molecular weight is 485 g/mol. The number of nitrogens with zero attached hydrogens (tertiary/aromatic N) is 1. The van der Waals surface area contributed by atoms with Crippen molar-refractivity contribution in [2.75, 3.05) is 11.0 Å². The van der Waals surface area contributed by atoms with Gasteiger partial charge in [-0.3, -0.25) is 9.52 Å². The number of piperidine rings is 1. The summed E-state index contributed by atoms with van der Waals surface area (Å²) in [7, 11) is -3.43. The van der Waals surface area contributed by atoms with E-state index < -0.39 is 21.9 Å². The number of hydrogen-bond acceptors (Lipinski definition) is 5. The molecule has 0 radical (unpaired) electrons. The molecule has 2 aromatic carbocycles. The quantitative estimate of drug-likeness (QED) is 0.559. The third-order valence-corrected chi connectivity index (χ3v) is 7.82. The fourth-order valence-corrected chi connectivity index (χ4v) is 5.80. The van der Waals surface area contributed by atoms with Gasteiger partial charge in [0.25, 0.3) is 0 Å². The molecule has 1 aliphatic carbocycles. The molecule has 1 aliphatic heterocycles. The summed E-state index contributed by atoms with van der Waals surface area (Å²) < 4.78 is 40.3. The maximum Gasteiger partial charge on any atom is 0.238 e. The number of carbonyl (C=O) groups excluding carboxylic acids is 1. The third-order valence-electron chi connectivity index (χ3n) is 7.22. The molecule has 1 heterocycles.